The van der Waals surface area contributed by atoms with E-state index in [-0.39, 0.29) is 18.1 Å². The topological polar surface area (TPSA) is 109 Å². The van der Waals surface area contributed by atoms with Crippen molar-refractivity contribution in [2.24, 2.45) is 0 Å². The molecular weight excluding hydrogens is 339 g/mol. The summed E-state index contributed by atoms with van der Waals surface area (Å²) in [7, 11) is 2.71. The Kier molecular flexibility index (Phi) is 7.69. The maximum Gasteiger partial charge on any atom is 0.395 e. The third kappa shape index (κ3) is 4.49. The summed E-state index contributed by atoms with van der Waals surface area (Å²) >= 11 is 0. The Labute approximate surface area is 142 Å². The van der Waals surface area contributed by atoms with Crippen molar-refractivity contribution < 1.29 is 33.6 Å². The maximum absolute atomic E-state index is 13.0. The summed E-state index contributed by atoms with van der Waals surface area (Å²) in [5.41, 5.74) is 0. The second-order valence-corrected chi connectivity index (χ2v) is 8.51. The molecule has 1 aliphatic heterocycles. The molecule has 1 heterocycles. The van der Waals surface area contributed by atoms with E-state index in [4.69, 9.17) is 19.1 Å². The van der Waals surface area contributed by atoms with Crippen molar-refractivity contribution in [2.75, 3.05) is 41.4 Å². The average Bonchev–Trinajstić information content (AvgIpc) is 2.83. The second-order valence-electron chi connectivity index (χ2n) is 5.75. The van der Waals surface area contributed by atoms with Gasteiger partial charge in [-0.1, -0.05) is 13.3 Å². The van der Waals surface area contributed by atoms with Crippen LogP contribution in [0, 0.1) is 0 Å². The number of carbonyl (C=O) groups excluding carboxylic acids is 1. The lowest BCUT2D eigenvalue weighted by Gasteiger charge is -2.29. The largest absolute Gasteiger partial charge is 0.490 e. The van der Waals surface area contributed by atoms with Gasteiger partial charge in [0.1, 0.15) is 6.10 Å². The van der Waals surface area contributed by atoms with E-state index in [1.165, 1.54) is 9.34 Å². The van der Waals surface area contributed by atoms with Crippen molar-refractivity contribution in [1.82, 2.24) is 9.34 Å². The highest BCUT2D eigenvalue weighted by molar-refractivity contribution is 7.54. The molecule has 0 bridgehead atoms. The predicted molar refractivity (Wildman–Crippen MR) is 86.9 cm³/mol. The lowest BCUT2D eigenvalue weighted by atomic mass is 10.2. The van der Waals surface area contributed by atoms with Crippen LogP contribution in [0.25, 0.3) is 0 Å². The molecule has 9 nitrogen and oxygen atoms in total. The maximum atomic E-state index is 13.0. The fourth-order valence-electron chi connectivity index (χ4n) is 2.00. The Morgan fingerprint density at radius 2 is 1.88 bits per heavy atom. The number of cyclic esters (lactones) is 1. The van der Waals surface area contributed by atoms with E-state index in [2.05, 4.69) is 0 Å². The van der Waals surface area contributed by atoms with E-state index in [1.54, 1.807) is 28.2 Å². The highest BCUT2D eigenvalue weighted by atomic mass is 31.2. The van der Waals surface area contributed by atoms with Crippen molar-refractivity contribution in [3.8, 4) is 0 Å². The first-order chi connectivity index (χ1) is 11.2. The predicted octanol–water partition coefficient (Wildman–Crippen LogP) is 0.541. The van der Waals surface area contributed by atoms with Gasteiger partial charge in [0.15, 0.2) is 11.9 Å². The monoisotopic (exact) mass is 366 g/mol. The van der Waals surface area contributed by atoms with Gasteiger partial charge in [-0.15, -0.1) is 0 Å². The lowest BCUT2D eigenvalue weighted by Crippen LogP contribution is -2.32. The Morgan fingerprint density at radius 3 is 2.33 bits per heavy atom. The standard InChI is InChI=1S/C14H27N2O7P/c1-6-7-8-21-12-11(10(18)9-17)22-14(19)13(12)23-24(20,15(2)3)16(4)5/h10-11,17-18H,6-9H2,1-5H3. The summed E-state index contributed by atoms with van der Waals surface area (Å²) in [6.07, 6.45) is -0.970. The zero-order valence-corrected chi connectivity index (χ0v) is 15.7. The minimum Gasteiger partial charge on any atom is -0.490 e. The molecule has 0 fully saturated rings. The molecule has 0 aromatic carbocycles. The van der Waals surface area contributed by atoms with Crippen molar-refractivity contribution in [2.45, 2.75) is 32.0 Å². The molecule has 0 aliphatic carbocycles. The first-order valence-corrected chi connectivity index (χ1v) is 9.24. The summed E-state index contributed by atoms with van der Waals surface area (Å²) in [5.74, 6) is -1.27. The molecule has 0 spiro atoms. The van der Waals surface area contributed by atoms with Crippen molar-refractivity contribution in [3.63, 3.8) is 0 Å². The molecule has 0 radical (unpaired) electrons. The summed E-state index contributed by atoms with van der Waals surface area (Å²) in [4.78, 5) is 12.1. The van der Waals surface area contributed by atoms with Crippen LogP contribution in [0.5, 0.6) is 0 Å². The van der Waals surface area contributed by atoms with E-state index in [0.29, 0.717) is 6.42 Å². The van der Waals surface area contributed by atoms with Gasteiger partial charge in [-0.25, -0.2) is 18.7 Å². The number of hydrogen-bond donors (Lipinski definition) is 2. The quantitative estimate of drug-likeness (QED) is 0.325. The van der Waals surface area contributed by atoms with Gasteiger partial charge >= 0.3 is 13.6 Å². The molecule has 0 aromatic heterocycles. The Morgan fingerprint density at radius 1 is 1.29 bits per heavy atom. The van der Waals surface area contributed by atoms with Gasteiger partial charge in [0.05, 0.1) is 13.2 Å². The Balaban J connectivity index is 3.20. The number of unbranched alkanes of at least 4 members (excludes halogenated alkanes) is 1. The van der Waals surface area contributed by atoms with Crippen molar-refractivity contribution >= 4 is 13.6 Å². The highest BCUT2D eigenvalue weighted by Crippen LogP contribution is 2.53. The van der Waals surface area contributed by atoms with Crippen LogP contribution >= 0.6 is 7.67 Å². The molecule has 0 saturated carbocycles. The molecule has 2 atom stereocenters. The summed E-state index contributed by atoms with van der Waals surface area (Å²) in [6.45, 7) is 1.63. The van der Waals surface area contributed by atoms with Gasteiger partial charge in [0, 0.05) is 0 Å². The van der Waals surface area contributed by atoms with Gasteiger partial charge in [-0.2, -0.15) is 0 Å². The molecule has 2 N–H and O–H groups in total. The molecule has 1 rings (SSSR count). The molecule has 0 aromatic rings. The number of rotatable bonds is 10. The molecular formula is C14H27N2O7P. The third-order valence-corrected chi connectivity index (χ3v) is 5.86. The van der Waals surface area contributed by atoms with Crippen LogP contribution in [-0.2, 0) is 23.4 Å². The number of nitrogens with zero attached hydrogens (tertiary/aromatic N) is 2. The van der Waals surface area contributed by atoms with Gasteiger partial charge in [0.25, 0.3) is 5.76 Å². The minimum atomic E-state index is -3.51. The van der Waals surface area contributed by atoms with Crippen LogP contribution in [0.3, 0.4) is 0 Å². The normalized spacial score (nSPS) is 19.9. The molecule has 1 aliphatic rings. The van der Waals surface area contributed by atoms with E-state index < -0.39 is 32.5 Å². The van der Waals surface area contributed by atoms with Crippen LogP contribution in [-0.4, -0.2) is 79.1 Å². The van der Waals surface area contributed by atoms with Crippen molar-refractivity contribution in [3.05, 3.63) is 11.5 Å². The zero-order chi connectivity index (χ0) is 18.5. The van der Waals surface area contributed by atoms with E-state index in [1.807, 2.05) is 6.92 Å². The van der Waals surface area contributed by atoms with Crippen LogP contribution in [0.15, 0.2) is 11.5 Å². The Bertz CT molecular complexity index is 509. The third-order valence-electron chi connectivity index (χ3n) is 3.41. The number of esters is 1. The molecule has 140 valence electrons. The van der Waals surface area contributed by atoms with Crippen LogP contribution in [0.2, 0.25) is 0 Å². The number of hydrogen-bond acceptors (Lipinski definition) is 7. The second kappa shape index (κ2) is 8.82. The van der Waals surface area contributed by atoms with Crippen molar-refractivity contribution in [1.29, 1.82) is 0 Å². The van der Waals surface area contributed by atoms with Crippen LogP contribution < -0.4 is 0 Å². The number of aliphatic hydroxyl groups excluding tert-OH is 2. The van der Waals surface area contributed by atoms with Crippen LogP contribution in [0.1, 0.15) is 19.8 Å². The summed E-state index contributed by atoms with van der Waals surface area (Å²) < 4.78 is 31.8. The minimum absolute atomic E-state index is 0.0427. The average molecular weight is 366 g/mol. The van der Waals surface area contributed by atoms with E-state index >= 15 is 0 Å². The molecule has 2 unspecified atom stereocenters. The van der Waals surface area contributed by atoms with Gasteiger partial charge < -0.3 is 24.2 Å². The summed E-state index contributed by atoms with van der Waals surface area (Å²) in [5, 5.41) is 19.0. The fourth-order valence-corrected chi connectivity index (χ4v) is 3.44. The van der Waals surface area contributed by atoms with Gasteiger partial charge in [-0.05, 0) is 34.6 Å². The molecule has 0 amide bonds. The van der Waals surface area contributed by atoms with Crippen LogP contribution in [0.4, 0.5) is 0 Å². The van der Waals surface area contributed by atoms with E-state index in [9.17, 15) is 14.5 Å². The smallest absolute Gasteiger partial charge is 0.395 e. The highest BCUT2D eigenvalue weighted by Gasteiger charge is 2.45. The zero-order valence-electron chi connectivity index (χ0n) is 14.8. The Hall–Kier alpha value is -1.12. The number of aliphatic hydroxyl groups is 2. The first kappa shape index (κ1) is 20.9. The van der Waals surface area contributed by atoms with E-state index in [0.717, 1.165) is 6.42 Å². The molecule has 24 heavy (non-hydrogen) atoms. The SMILES string of the molecule is CCCCOC1=C(OP(=O)(N(C)C)N(C)C)C(=O)OC1C(O)CO. The number of ether oxygens (including phenoxy) is 2. The molecule has 10 heteroatoms. The van der Waals surface area contributed by atoms with Gasteiger partial charge in [0.2, 0.25) is 0 Å². The number of carbonyl (C=O) groups is 1. The lowest BCUT2D eigenvalue weighted by molar-refractivity contribution is -0.147. The molecule has 0 saturated heterocycles. The van der Waals surface area contributed by atoms with Gasteiger partial charge in [-0.3, -0.25) is 0 Å². The first-order valence-electron chi connectivity index (χ1n) is 7.71. The fraction of sp³-hybridized carbons (Fsp3) is 0.786. The summed E-state index contributed by atoms with van der Waals surface area (Å²) in [6, 6.07) is 0.